The van der Waals surface area contributed by atoms with Crippen molar-refractivity contribution >= 4 is 35.0 Å². The first-order valence-electron chi connectivity index (χ1n) is 11.5. The van der Waals surface area contributed by atoms with Crippen molar-refractivity contribution in [2.75, 3.05) is 19.0 Å². The fourth-order valence-electron chi connectivity index (χ4n) is 5.76. The van der Waals surface area contributed by atoms with E-state index in [1.54, 1.807) is 25.1 Å². The van der Waals surface area contributed by atoms with E-state index in [1.807, 2.05) is 0 Å². The summed E-state index contributed by atoms with van der Waals surface area (Å²) in [5.74, 6) is -6.79. The number of phenolic OH excluding ortho intramolecular Hbond substituents is 1. The first-order valence-corrected chi connectivity index (χ1v) is 11.5. The van der Waals surface area contributed by atoms with Gasteiger partial charge in [-0.25, -0.2) is 0 Å². The molecule has 10 nitrogen and oxygen atoms in total. The van der Waals surface area contributed by atoms with Gasteiger partial charge in [0.2, 0.25) is 11.4 Å². The molecule has 0 heterocycles. The Balaban J connectivity index is 1.98. The van der Waals surface area contributed by atoms with Gasteiger partial charge < -0.3 is 24.6 Å². The minimum atomic E-state index is -2.33. The largest absolute Gasteiger partial charge is 0.507 e. The first-order chi connectivity index (χ1) is 16.8. The highest BCUT2D eigenvalue weighted by Crippen LogP contribution is 2.54. The molecule has 1 aromatic carbocycles. The van der Waals surface area contributed by atoms with Crippen molar-refractivity contribution in [3.63, 3.8) is 0 Å². The number of hydrogen-bond acceptors (Lipinski definition) is 10. The number of esters is 2. The molecule has 0 fully saturated rings. The quantitative estimate of drug-likeness (QED) is 0.469. The number of benzene rings is 1. The summed E-state index contributed by atoms with van der Waals surface area (Å²) in [6.07, 6.45) is 0.223. The number of nitrogens with zero attached hydrogens (tertiary/aromatic N) is 1. The maximum atomic E-state index is 13.8. The van der Waals surface area contributed by atoms with E-state index in [4.69, 9.17) is 9.47 Å². The van der Waals surface area contributed by atoms with Gasteiger partial charge in [-0.05, 0) is 43.4 Å². The lowest BCUT2D eigenvalue weighted by Crippen LogP contribution is -2.59. The van der Waals surface area contributed by atoms with Crippen molar-refractivity contribution in [2.24, 2.45) is 11.8 Å². The van der Waals surface area contributed by atoms with Crippen LogP contribution in [0.3, 0.4) is 0 Å². The molecule has 4 rings (SSSR count). The Morgan fingerprint density at radius 2 is 1.69 bits per heavy atom. The Morgan fingerprint density at radius 1 is 1.03 bits per heavy atom. The number of carbonyl (C=O) groups is 5. The number of aliphatic hydroxyl groups excluding tert-OH is 1. The maximum Gasteiger partial charge on any atom is 0.307 e. The molecular weight excluding hydrogens is 470 g/mol. The van der Waals surface area contributed by atoms with Crippen LogP contribution in [0.25, 0.3) is 0 Å². The molecule has 3 aliphatic carbocycles. The number of Topliss-reactive ketones (excluding diaryl/α,β-unsaturated/α-hetero) is 3. The van der Waals surface area contributed by atoms with Crippen LogP contribution in [0.2, 0.25) is 0 Å². The van der Waals surface area contributed by atoms with E-state index >= 15 is 0 Å². The highest BCUT2D eigenvalue weighted by Gasteiger charge is 2.63. The number of phenols is 1. The number of anilines is 1. The summed E-state index contributed by atoms with van der Waals surface area (Å²) in [6.45, 7) is 3.28. The minimum Gasteiger partial charge on any atom is -0.507 e. The van der Waals surface area contributed by atoms with Crippen molar-refractivity contribution in [1.82, 2.24) is 0 Å². The van der Waals surface area contributed by atoms with Gasteiger partial charge in [-0.2, -0.15) is 0 Å². The van der Waals surface area contributed by atoms with Crippen LogP contribution in [-0.4, -0.2) is 59.2 Å². The van der Waals surface area contributed by atoms with Gasteiger partial charge >= 0.3 is 11.9 Å². The molecule has 0 radical (unpaired) electrons. The van der Waals surface area contributed by atoms with Crippen molar-refractivity contribution in [3.8, 4) is 5.75 Å². The molecule has 1 aromatic rings. The number of fused-ring (bicyclic) bond motifs is 3. The molecule has 0 saturated heterocycles. The average molecular weight is 498 g/mol. The van der Waals surface area contributed by atoms with Crippen LogP contribution in [0, 0.1) is 11.8 Å². The fourth-order valence-corrected chi connectivity index (χ4v) is 5.76. The van der Waals surface area contributed by atoms with Gasteiger partial charge in [0.25, 0.3) is 0 Å². The number of aromatic hydroxyl groups is 1. The summed E-state index contributed by atoms with van der Waals surface area (Å²) in [6, 6.07) is 3.07. The lowest BCUT2D eigenvalue weighted by atomic mass is 9.59. The van der Waals surface area contributed by atoms with E-state index in [0.717, 1.165) is 20.8 Å². The molecule has 2 N–H and O–H groups in total. The molecule has 0 bridgehead atoms. The molecule has 3 aliphatic rings. The third kappa shape index (κ3) is 3.59. The van der Waals surface area contributed by atoms with Crippen molar-refractivity contribution in [2.45, 2.75) is 45.6 Å². The first kappa shape index (κ1) is 25.2. The van der Waals surface area contributed by atoms with Crippen LogP contribution in [0.15, 0.2) is 34.8 Å². The number of rotatable bonds is 4. The number of ketones is 3. The molecule has 0 aliphatic heterocycles. The SMILES string of the molecule is CC(=O)OC1=C(C(C)=O)C(=O)[C@@]2(OC(C)=O)C(O)=C3C(=O)c4c(O)ccc(N(C)C)c4C[C@H]3C[C@H]2C1. The lowest BCUT2D eigenvalue weighted by molar-refractivity contribution is -0.174. The van der Waals surface area contributed by atoms with E-state index in [2.05, 4.69) is 0 Å². The Morgan fingerprint density at radius 3 is 2.25 bits per heavy atom. The Labute approximate surface area is 207 Å². The fraction of sp³-hybridized carbons (Fsp3) is 0.423. The van der Waals surface area contributed by atoms with Crippen LogP contribution in [0.5, 0.6) is 5.75 Å². The second-order valence-electron chi connectivity index (χ2n) is 9.59. The van der Waals surface area contributed by atoms with Gasteiger partial charge in [0.1, 0.15) is 17.1 Å². The molecule has 0 aromatic heterocycles. The molecule has 3 atom stereocenters. The highest BCUT2D eigenvalue weighted by atomic mass is 16.6. The monoisotopic (exact) mass is 497 g/mol. The maximum absolute atomic E-state index is 13.8. The molecule has 0 unspecified atom stereocenters. The summed E-state index contributed by atoms with van der Waals surface area (Å²) < 4.78 is 10.7. The van der Waals surface area contributed by atoms with Gasteiger partial charge in [0, 0.05) is 51.5 Å². The van der Waals surface area contributed by atoms with Gasteiger partial charge in [0.15, 0.2) is 17.3 Å². The number of hydrogen-bond donors (Lipinski definition) is 2. The standard InChI is InChI=1S/C26H27NO9/c1-11(28)20-19(35-12(2)29)10-15-8-14-9-16-17(27(4)5)6-7-18(31)22(16)23(32)21(14)25(34)26(15,24(20)33)36-13(3)30/h6-7,14-15,31,34H,8-10H2,1-5H3/t14-,15+,26-/m1/s1. The molecule has 0 saturated carbocycles. The topological polar surface area (TPSA) is 148 Å². The van der Waals surface area contributed by atoms with Gasteiger partial charge in [-0.1, -0.05) is 0 Å². The third-order valence-electron chi connectivity index (χ3n) is 7.03. The van der Waals surface area contributed by atoms with Crippen molar-refractivity contribution < 1.29 is 43.7 Å². The summed E-state index contributed by atoms with van der Waals surface area (Å²) in [5.41, 5.74) is -1.67. The summed E-state index contributed by atoms with van der Waals surface area (Å²) in [4.78, 5) is 65.6. The van der Waals surface area contributed by atoms with Crippen LogP contribution in [0.1, 0.15) is 49.5 Å². The second kappa shape index (κ2) is 8.61. The number of allylic oxidation sites excluding steroid dienone is 2. The van der Waals surface area contributed by atoms with E-state index in [1.165, 1.54) is 6.07 Å². The summed E-state index contributed by atoms with van der Waals surface area (Å²) >= 11 is 0. The van der Waals surface area contributed by atoms with Gasteiger partial charge in [-0.3, -0.25) is 24.0 Å². The zero-order valence-corrected chi connectivity index (χ0v) is 20.6. The van der Waals surface area contributed by atoms with Crippen molar-refractivity contribution in [3.05, 3.63) is 45.9 Å². The van der Waals surface area contributed by atoms with Crippen LogP contribution in [-0.2, 0) is 35.1 Å². The van der Waals surface area contributed by atoms with Crippen molar-refractivity contribution in [1.29, 1.82) is 0 Å². The molecule has 36 heavy (non-hydrogen) atoms. The normalized spacial score (nSPS) is 25.0. The zero-order chi connectivity index (χ0) is 26.7. The molecule has 10 heteroatoms. The minimum absolute atomic E-state index is 0.00150. The van der Waals surface area contributed by atoms with Crippen LogP contribution < -0.4 is 4.90 Å². The molecular formula is C26H27NO9. The van der Waals surface area contributed by atoms with E-state index in [0.29, 0.717) is 11.3 Å². The summed E-state index contributed by atoms with van der Waals surface area (Å²) in [7, 11) is 3.59. The Kier molecular flexibility index (Phi) is 6.02. The average Bonchev–Trinajstić information content (AvgIpc) is 2.74. The Hall–Kier alpha value is -3.95. The van der Waals surface area contributed by atoms with Gasteiger partial charge in [0.05, 0.1) is 5.56 Å². The number of aliphatic hydroxyl groups is 1. The summed E-state index contributed by atoms with van der Waals surface area (Å²) in [5, 5.41) is 22.1. The van der Waals surface area contributed by atoms with E-state index in [-0.39, 0.29) is 41.9 Å². The van der Waals surface area contributed by atoms with Gasteiger partial charge in [-0.15, -0.1) is 0 Å². The van der Waals surface area contributed by atoms with Crippen LogP contribution in [0.4, 0.5) is 5.69 Å². The molecule has 0 spiro atoms. The molecule has 190 valence electrons. The smallest absolute Gasteiger partial charge is 0.307 e. The Bertz CT molecular complexity index is 1300. The predicted octanol–water partition coefficient (Wildman–Crippen LogP) is 2.33. The second-order valence-corrected chi connectivity index (χ2v) is 9.59. The van der Waals surface area contributed by atoms with E-state index < -0.39 is 58.1 Å². The third-order valence-corrected chi connectivity index (χ3v) is 7.03. The van der Waals surface area contributed by atoms with E-state index in [9.17, 15) is 34.2 Å². The predicted molar refractivity (Wildman–Crippen MR) is 125 cm³/mol. The number of ether oxygens (including phenoxy) is 2. The zero-order valence-electron chi connectivity index (χ0n) is 20.6. The highest BCUT2D eigenvalue weighted by molar-refractivity contribution is 6.25. The molecule has 0 amide bonds. The number of carbonyl (C=O) groups excluding carboxylic acids is 5. The lowest BCUT2D eigenvalue weighted by Gasteiger charge is -2.48. The van der Waals surface area contributed by atoms with Crippen LogP contribution >= 0.6 is 0 Å².